The fraction of sp³-hybridized carbons (Fsp3) is 0.316. The molecule has 3 rings (SSSR count). The summed E-state index contributed by atoms with van der Waals surface area (Å²) in [7, 11) is 1.48. The summed E-state index contributed by atoms with van der Waals surface area (Å²) in [4.78, 5) is 11.3. The second kappa shape index (κ2) is 7.97. The van der Waals surface area contributed by atoms with E-state index >= 15 is 0 Å². The maximum atomic E-state index is 12.2. The molecule has 2 aromatic rings. The number of rotatable bonds is 6. The van der Waals surface area contributed by atoms with Crippen LogP contribution in [0.3, 0.4) is 0 Å². The number of ether oxygens (including phenoxy) is 3. The molecule has 28 heavy (non-hydrogen) atoms. The molecule has 0 spiro atoms. The van der Waals surface area contributed by atoms with E-state index in [9.17, 15) is 23.1 Å². The Labute approximate surface area is 158 Å². The first kappa shape index (κ1) is 19.8. The molecule has 2 N–H and O–H groups in total. The third-order valence-electron chi connectivity index (χ3n) is 4.33. The second-order valence-electron chi connectivity index (χ2n) is 6.19. The summed E-state index contributed by atoms with van der Waals surface area (Å²) in [5.74, 6) is -0.383. The number of hydrogen-bond donors (Lipinski definition) is 2. The topological polar surface area (TPSA) is 77.0 Å². The fourth-order valence-electron chi connectivity index (χ4n) is 2.98. The summed E-state index contributed by atoms with van der Waals surface area (Å²) in [6.07, 6.45) is -4.52. The van der Waals surface area contributed by atoms with Crippen LogP contribution in [0, 0.1) is 0 Å². The lowest BCUT2D eigenvalue weighted by molar-refractivity contribution is -0.274. The van der Waals surface area contributed by atoms with Crippen LogP contribution in [-0.4, -0.2) is 30.6 Å². The largest absolute Gasteiger partial charge is 0.573 e. The summed E-state index contributed by atoms with van der Waals surface area (Å²) >= 11 is 0. The Hall–Kier alpha value is -2.94. The zero-order chi connectivity index (χ0) is 20.3. The highest BCUT2D eigenvalue weighted by molar-refractivity contribution is 5.75. The van der Waals surface area contributed by atoms with Gasteiger partial charge in [0.15, 0.2) is 11.5 Å². The number of nitrogens with one attached hydrogen (secondary N) is 1. The van der Waals surface area contributed by atoms with Crippen molar-refractivity contribution >= 4 is 5.97 Å². The van der Waals surface area contributed by atoms with Gasteiger partial charge in [0, 0.05) is 18.5 Å². The quantitative estimate of drug-likeness (QED) is 0.779. The Morgan fingerprint density at radius 3 is 2.54 bits per heavy atom. The van der Waals surface area contributed by atoms with Gasteiger partial charge in [-0.2, -0.15) is 0 Å². The molecule has 0 unspecified atom stereocenters. The zero-order valence-corrected chi connectivity index (χ0v) is 14.9. The fourth-order valence-corrected chi connectivity index (χ4v) is 2.98. The molecule has 0 aliphatic carbocycles. The van der Waals surface area contributed by atoms with Crippen molar-refractivity contribution in [2.75, 3.05) is 7.11 Å². The molecule has 0 bridgehead atoms. The number of benzene rings is 2. The molecule has 1 aliphatic heterocycles. The van der Waals surface area contributed by atoms with E-state index < -0.39 is 18.4 Å². The molecule has 0 saturated carbocycles. The first-order valence-electron chi connectivity index (χ1n) is 8.39. The minimum atomic E-state index is -4.75. The summed E-state index contributed by atoms with van der Waals surface area (Å²) < 4.78 is 51.8. The van der Waals surface area contributed by atoms with Crippen LogP contribution in [0.4, 0.5) is 13.2 Å². The van der Waals surface area contributed by atoms with Gasteiger partial charge in [0.05, 0.1) is 7.11 Å². The molecule has 6 nitrogen and oxygen atoms in total. The highest BCUT2D eigenvalue weighted by atomic mass is 19.4. The zero-order valence-electron chi connectivity index (χ0n) is 14.9. The van der Waals surface area contributed by atoms with Crippen molar-refractivity contribution in [1.29, 1.82) is 0 Å². The van der Waals surface area contributed by atoms with Crippen LogP contribution >= 0.6 is 0 Å². The lowest BCUT2D eigenvalue weighted by atomic mass is 9.94. The van der Waals surface area contributed by atoms with Crippen molar-refractivity contribution in [2.24, 2.45) is 0 Å². The van der Waals surface area contributed by atoms with E-state index in [1.54, 1.807) is 6.07 Å². The van der Waals surface area contributed by atoms with Crippen molar-refractivity contribution in [3.63, 3.8) is 0 Å². The molecule has 0 amide bonds. The van der Waals surface area contributed by atoms with Gasteiger partial charge in [0.25, 0.3) is 0 Å². The van der Waals surface area contributed by atoms with Crippen molar-refractivity contribution in [2.45, 2.75) is 32.0 Å². The van der Waals surface area contributed by atoms with Crippen LogP contribution < -0.4 is 19.5 Å². The molecular weight excluding hydrogens is 379 g/mol. The van der Waals surface area contributed by atoms with E-state index in [0.29, 0.717) is 23.6 Å². The summed E-state index contributed by atoms with van der Waals surface area (Å²) in [6.45, 7) is 0.459. The average molecular weight is 397 g/mol. The molecule has 1 aliphatic rings. The summed E-state index contributed by atoms with van der Waals surface area (Å²) in [5.41, 5.74) is 2.27. The first-order valence-corrected chi connectivity index (χ1v) is 8.39. The second-order valence-corrected chi connectivity index (χ2v) is 6.19. The van der Waals surface area contributed by atoms with Gasteiger partial charge in [0.1, 0.15) is 18.4 Å². The Balaban J connectivity index is 1.78. The van der Waals surface area contributed by atoms with Gasteiger partial charge >= 0.3 is 12.3 Å². The molecule has 1 heterocycles. The maximum Gasteiger partial charge on any atom is 0.573 e. The van der Waals surface area contributed by atoms with Crippen LogP contribution in [0.2, 0.25) is 0 Å². The van der Waals surface area contributed by atoms with Crippen LogP contribution in [-0.2, 0) is 24.4 Å². The van der Waals surface area contributed by atoms with Crippen LogP contribution in [0.5, 0.6) is 17.2 Å². The molecule has 0 aromatic heterocycles. The Morgan fingerprint density at radius 2 is 1.93 bits per heavy atom. The molecule has 2 aromatic carbocycles. The third-order valence-corrected chi connectivity index (χ3v) is 4.33. The number of carbonyl (C=O) groups is 1. The van der Waals surface area contributed by atoms with E-state index in [1.165, 1.54) is 31.4 Å². The first-order chi connectivity index (χ1) is 13.3. The predicted molar refractivity (Wildman–Crippen MR) is 92.4 cm³/mol. The number of methoxy groups -OCH3 is 1. The minimum Gasteiger partial charge on any atom is -0.493 e. The number of carboxylic acid groups (broad SMARTS) is 1. The average Bonchev–Trinajstić information content (AvgIpc) is 2.65. The lowest BCUT2D eigenvalue weighted by Gasteiger charge is -2.26. The van der Waals surface area contributed by atoms with Crippen molar-refractivity contribution in [3.8, 4) is 17.2 Å². The Kier molecular flexibility index (Phi) is 5.64. The van der Waals surface area contributed by atoms with Gasteiger partial charge in [-0.3, -0.25) is 4.79 Å². The van der Waals surface area contributed by atoms with E-state index in [4.69, 9.17) is 9.47 Å². The molecule has 150 valence electrons. The van der Waals surface area contributed by atoms with Gasteiger partial charge in [0.2, 0.25) is 0 Å². The number of hydrogen-bond acceptors (Lipinski definition) is 5. The maximum absolute atomic E-state index is 12.2. The van der Waals surface area contributed by atoms with Crippen molar-refractivity contribution in [1.82, 2.24) is 5.32 Å². The molecule has 0 fully saturated rings. The van der Waals surface area contributed by atoms with Gasteiger partial charge in [-0.05, 0) is 29.3 Å². The van der Waals surface area contributed by atoms with Crippen LogP contribution in [0.15, 0.2) is 36.4 Å². The van der Waals surface area contributed by atoms with E-state index in [1.807, 2.05) is 6.07 Å². The number of aliphatic carboxylic acids is 1. The standard InChI is InChI=1S/C19H18F3NO5/c1-26-16-7-4-12-9-23-15(18(24)25)8-14(12)17(16)27-10-11-2-5-13(6-3-11)28-19(20,21)22/h2-7,15,23H,8-10H2,1H3,(H,24,25)/t15-/m0/s1. The van der Waals surface area contributed by atoms with Gasteiger partial charge in [-0.25, -0.2) is 0 Å². The monoisotopic (exact) mass is 397 g/mol. The Morgan fingerprint density at radius 1 is 1.21 bits per heavy atom. The van der Waals surface area contributed by atoms with Crippen molar-refractivity contribution < 1.29 is 37.3 Å². The number of alkyl halides is 3. The lowest BCUT2D eigenvalue weighted by Crippen LogP contribution is -2.41. The van der Waals surface area contributed by atoms with E-state index in [-0.39, 0.29) is 18.8 Å². The molecule has 1 atom stereocenters. The van der Waals surface area contributed by atoms with Gasteiger partial charge in [-0.15, -0.1) is 13.2 Å². The number of carboxylic acids is 1. The molecule has 9 heteroatoms. The van der Waals surface area contributed by atoms with Crippen LogP contribution in [0.25, 0.3) is 0 Å². The third kappa shape index (κ3) is 4.66. The number of halogens is 3. The van der Waals surface area contributed by atoms with Crippen molar-refractivity contribution in [3.05, 3.63) is 53.1 Å². The minimum absolute atomic E-state index is 0.0737. The summed E-state index contributed by atoms with van der Waals surface area (Å²) in [6, 6.07) is 8.17. The predicted octanol–water partition coefficient (Wildman–Crippen LogP) is 3.27. The summed E-state index contributed by atoms with van der Waals surface area (Å²) in [5, 5.41) is 12.2. The van der Waals surface area contributed by atoms with E-state index in [0.717, 1.165) is 11.1 Å². The van der Waals surface area contributed by atoms with Gasteiger partial charge in [-0.1, -0.05) is 18.2 Å². The molecule has 0 saturated heterocycles. The smallest absolute Gasteiger partial charge is 0.493 e. The number of fused-ring (bicyclic) bond motifs is 1. The normalized spacial score (nSPS) is 16.2. The highest BCUT2D eigenvalue weighted by Crippen LogP contribution is 2.37. The SMILES string of the molecule is COc1ccc2c(c1OCc1ccc(OC(F)(F)F)cc1)C[C@@H](C(=O)O)NC2. The van der Waals surface area contributed by atoms with E-state index in [2.05, 4.69) is 10.1 Å². The molecular formula is C19H18F3NO5. The van der Waals surface area contributed by atoms with Gasteiger partial charge < -0.3 is 24.6 Å². The Bertz CT molecular complexity index is 852. The van der Waals surface area contributed by atoms with Crippen LogP contribution in [0.1, 0.15) is 16.7 Å². The highest BCUT2D eigenvalue weighted by Gasteiger charge is 2.31. The molecule has 0 radical (unpaired) electrons.